The summed E-state index contributed by atoms with van der Waals surface area (Å²) < 4.78 is 12.6. The molecule has 220 valence electrons. The van der Waals surface area contributed by atoms with Gasteiger partial charge in [-0.2, -0.15) is 5.10 Å². The monoisotopic (exact) mass is 599 g/mol. The van der Waals surface area contributed by atoms with Crippen LogP contribution < -0.4 is 15.0 Å². The summed E-state index contributed by atoms with van der Waals surface area (Å²) in [5.41, 5.74) is 3.32. The number of ether oxygens (including phenoxy) is 2. The van der Waals surface area contributed by atoms with Gasteiger partial charge in [-0.05, 0) is 86.7 Å². The molecular weight excluding hydrogens is 561 g/mol. The number of aryl methyl sites for hydroxylation is 1. The molecule has 0 bridgehead atoms. The molecule has 1 aliphatic rings. The van der Waals surface area contributed by atoms with Gasteiger partial charge in [-0.15, -0.1) is 12.4 Å². The molecule has 1 unspecified atom stereocenters. The van der Waals surface area contributed by atoms with Crippen LogP contribution in [0.2, 0.25) is 5.02 Å². The standard InChI is InChI=1S/C32H36ClN3O3.ClH.H2O/c1-38-30-16-13-23(22-31(30)39-2)7-5-18-35-19-6-8-26(17-20-35)36-32(37)28-10-4-3-9-27(28)29(34-36)21-24-11-14-25(33)15-12-24;;/h3-4,9-16,22,26H,5-8,17-21H2,1-2H3;1H;1H2. The van der Waals surface area contributed by atoms with E-state index in [9.17, 15) is 4.79 Å². The van der Waals surface area contributed by atoms with E-state index in [-0.39, 0.29) is 29.5 Å². The minimum absolute atomic E-state index is 0. The van der Waals surface area contributed by atoms with E-state index >= 15 is 0 Å². The van der Waals surface area contributed by atoms with Crippen molar-refractivity contribution in [1.82, 2.24) is 14.7 Å². The highest BCUT2D eigenvalue weighted by atomic mass is 35.5. The molecule has 41 heavy (non-hydrogen) atoms. The van der Waals surface area contributed by atoms with Crippen molar-refractivity contribution in [2.45, 2.75) is 44.6 Å². The first kappa shape index (κ1) is 32.4. The molecule has 0 amide bonds. The zero-order valence-electron chi connectivity index (χ0n) is 23.6. The van der Waals surface area contributed by atoms with Crippen LogP contribution in [0.4, 0.5) is 0 Å². The molecule has 5 rings (SSSR count). The van der Waals surface area contributed by atoms with E-state index in [2.05, 4.69) is 17.0 Å². The minimum Gasteiger partial charge on any atom is -0.493 e. The van der Waals surface area contributed by atoms with Gasteiger partial charge in [-0.1, -0.05) is 48.0 Å². The van der Waals surface area contributed by atoms with Gasteiger partial charge in [0.2, 0.25) is 0 Å². The third kappa shape index (κ3) is 7.80. The van der Waals surface area contributed by atoms with Gasteiger partial charge in [0.05, 0.1) is 31.3 Å². The fourth-order valence-electron chi connectivity index (χ4n) is 5.60. The number of fused-ring (bicyclic) bond motifs is 1. The Morgan fingerprint density at radius 3 is 2.34 bits per heavy atom. The summed E-state index contributed by atoms with van der Waals surface area (Å²) in [4.78, 5) is 16.1. The molecule has 1 atom stereocenters. The Labute approximate surface area is 252 Å². The summed E-state index contributed by atoms with van der Waals surface area (Å²) in [7, 11) is 3.33. The van der Waals surface area contributed by atoms with Crippen LogP contribution in [0.5, 0.6) is 11.5 Å². The lowest BCUT2D eigenvalue weighted by atomic mass is 10.0. The Hall–Kier alpha value is -3.10. The zero-order valence-corrected chi connectivity index (χ0v) is 25.2. The van der Waals surface area contributed by atoms with E-state index < -0.39 is 0 Å². The lowest BCUT2D eigenvalue weighted by Crippen LogP contribution is -2.30. The largest absolute Gasteiger partial charge is 0.493 e. The van der Waals surface area contributed by atoms with Crippen molar-refractivity contribution in [1.29, 1.82) is 0 Å². The number of benzene rings is 3. The molecule has 0 radical (unpaired) electrons. The molecule has 1 aliphatic heterocycles. The number of likely N-dealkylation sites (tertiary alicyclic amines) is 1. The molecule has 9 heteroatoms. The predicted molar refractivity (Wildman–Crippen MR) is 168 cm³/mol. The highest BCUT2D eigenvalue weighted by Gasteiger charge is 2.22. The van der Waals surface area contributed by atoms with Crippen LogP contribution in [0.1, 0.15) is 48.5 Å². The van der Waals surface area contributed by atoms with Crippen LogP contribution in [0.25, 0.3) is 10.8 Å². The normalized spacial score (nSPS) is 15.4. The van der Waals surface area contributed by atoms with Crippen LogP contribution in [0.3, 0.4) is 0 Å². The Balaban J connectivity index is 0.00000231. The summed E-state index contributed by atoms with van der Waals surface area (Å²) in [6.07, 6.45) is 5.64. The molecule has 1 fully saturated rings. The van der Waals surface area contributed by atoms with E-state index in [4.69, 9.17) is 26.2 Å². The Morgan fingerprint density at radius 1 is 0.902 bits per heavy atom. The molecule has 1 aromatic heterocycles. The smallest absolute Gasteiger partial charge is 0.274 e. The van der Waals surface area contributed by atoms with Gasteiger partial charge in [0.15, 0.2) is 11.5 Å². The first-order valence-electron chi connectivity index (χ1n) is 13.7. The second-order valence-electron chi connectivity index (χ2n) is 10.3. The number of methoxy groups -OCH3 is 2. The molecule has 0 saturated carbocycles. The van der Waals surface area contributed by atoms with Crippen LogP contribution in [-0.4, -0.2) is 54.0 Å². The Morgan fingerprint density at radius 2 is 1.61 bits per heavy atom. The van der Waals surface area contributed by atoms with Crippen LogP contribution in [-0.2, 0) is 12.8 Å². The van der Waals surface area contributed by atoms with E-state index in [1.165, 1.54) is 5.56 Å². The molecule has 0 aliphatic carbocycles. The second-order valence-corrected chi connectivity index (χ2v) is 10.7. The van der Waals surface area contributed by atoms with E-state index in [0.29, 0.717) is 11.4 Å². The van der Waals surface area contributed by atoms with Gasteiger partial charge in [-0.3, -0.25) is 4.79 Å². The molecule has 7 nitrogen and oxygen atoms in total. The number of halogens is 2. The lowest BCUT2D eigenvalue weighted by Gasteiger charge is -2.21. The van der Waals surface area contributed by atoms with Gasteiger partial charge in [-0.25, -0.2) is 4.68 Å². The molecule has 2 N–H and O–H groups in total. The maximum atomic E-state index is 13.5. The highest BCUT2D eigenvalue weighted by Crippen LogP contribution is 2.28. The van der Waals surface area contributed by atoms with Gasteiger partial charge >= 0.3 is 0 Å². The van der Waals surface area contributed by atoms with E-state index in [0.717, 1.165) is 85.3 Å². The van der Waals surface area contributed by atoms with Crippen molar-refractivity contribution in [3.8, 4) is 11.5 Å². The van der Waals surface area contributed by atoms with Gasteiger partial charge < -0.3 is 19.8 Å². The average molecular weight is 601 g/mol. The fourth-order valence-corrected chi connectivity index (χ4v) is 5.72. The highest BCUT2D eigenvalue weighted by molar-refractivity contribution is 6.30. The molecule has 3 aromatic carbocycles. The maximum absolute atomic E-state index is 13.5. The van der Waals surface area contributed by atoms with Crippen LogP contribution in [0, 0.1) is 0 Å². The van der Waals surface area contributed by atoms with E-state index in [1.807, 2.05) is 54.6 Å². The van der Waals surface area contributed by atoms with E-state index in [1.54, 1.807) is 18.9 Å². The Kier molecular flexibility index (Phi) is 12.0. The predicted octanol–water partition coefficient (Wildman–Crippen LogP) is 5.91. The summed E-state index contributed by atoms with van der Waals surface area (Å²) in [5, 5.41) is 7.36. The van der Waals surface area contributed by atoms with Gasteiger partial charge in [0.25, 0.3) is 5.56 Å². The van der Waals surface area contributed by atoms with Crippen molar-refractivity contribution in [2.24, 2.45) is 0 Å². The molecule has 1 saturated heterocycles. The maximum Gasteiger partial charge on any atom is 0.274 e. The van der Waals surface area contributed by atoms with Gasteiger partial charge in [0, 0.05) is 23.4 Å². The van der Waals surface area contributed by atoms with Crippen molar-refractivity contribution in [3.63, 3.8) is 0 Å². The van der Waals surface area contributed by atoms with Crippen molar-refractivity contribution < 1.29 is 14.9 Å². The van der Waals surface area contributed by atoms with Gasteiger partial charge in [0.1, 0.15) is 0 Å². The second kappa shape index (κ2) is 15.2. The molecule has 4 aromatic rings. The number of aromatic nitrogens is 2. The van der Waals surface area contributed by atoms with Crippen molar-refractivity contribution in [3.05, 3.63) is 98.9 Å². The first-order chi connectivity index (χ1) is 19.1. The zero-order chi connectivity index (χ0) is 27.2. The number of hydrogen-bond acceptors (Lipinski definition) is 5. The number of hydrogen-bond donors (Lipinski definition) is 0. The summed E-state index contributed by atoms with van der Waals surface area (Å²) in [6, 6.07) is 22.0. The molecular formula is C32H39Cl2N3O4. The number of nitrogens with zero attached hydrogens (tertiary/aromatic N) is 3. The third-order valence-corrected chi connectivity index (χ3v) is 7.97. The molecule has 2 heterocycles. The summed E-state index contributed by atoms with van der Waals surface area (Å²) in [5.74, 6) is 1.53. The fraction of sp³-hybridized carbons (Fsp3) is 0.375. The Bertz CT molecular complexity index is 1480. The van der Waals surface area contributed by atoms with Crippen LogP contribution >= 0.6 is 24.0 Å². The van der Waals surface area contributed by atoms with Crippen molar-refractivity contribution in [2.75, 3.05) is 33.9 Å². The molecule has 0 spiro atoms. The summed E-state index contributed by atoms with van der Waals surface area (Å²) >= 11 is 6.10. The number of rotatable bonds is 9. The van der Waals surface area contributed by atoms with Crippen LogP contribution in [0.15, 0.2) is 71.5 Å². The quantitative estimate of drug-likeness (QED) is 0.238. The van der Waals surface area contributed by atoms with Crippen molar-refractivity contribution >= 4 is 34.8 Å². The SMILES string of the molecule is COc1ccc(CCCN2CCCC(n3nc(Cc4ccc(Cl)cc4)c4ccccc4c3=O)CC2)cc1OC.Cl.O. The first-order valence-corrected chi connectivity index (χ1v) is 14.1. The summed E-state index contributed by atoms with van der Waals surface area (Å²) in [6.45, 7) is 3.04. The topological polar surface area (TPSA) is 88.1 Å². The lowest BCUT2D eigenvalue weighted by molar-refractivity contribution is 0.275. The third-order valence-electron chi connectivity index (χ3n) is 7.71. The average Bonchev–Trinajstić information content (AvgIpc) is 3.21. The minimum atomic E-state index is 0.